The lowest BCUT2D eigenvalue weighted by molar-refractivity contribution is 0.458. The minimum atomic E-state index is -0.0377. The molecular weight excluding hydrogens is 264 g/mol. The third-order valence-electron chi connectivity index (χ3n) is 4.39. The van der Waals surface area contributed by atoms with Gasteiger partial charge in [-0.15, -0.1) is 0 Å². The van der Waals surface area contributed by atoms with Gasteiger partial charge < -0.3 is 0 Å². The van der Waals surface area contributed by atoms with Crippen LogP contribution in [0.1, 0.15) is 36.5 Å². The summed E-state index contributed by atoms with van der Waals surface area (Å²) < 4.78 is 0. The SMILES string of the molecule is CC(C)(c1[c]cccc1)C(c1ccccc1)c1ccccc1. The molecule has 0 aliphatic heterocycles. The second-order valence-corrected chi connectivity index (χ2v) is 6.25. The molecule has 0 saturated heterocycles. The first kappa shape index (κ1) is 14.6. The maximum Gasteiger partial charge on any atom is 0.0181 e. The Morgan fingerprint density at radius 1 is 0.682 bits per heavy atom. The lowest BCUT2D eigenvalue weighted by Gasteiger charge is -2.36. The van der Waals surface area contributed by atoms with Crippen molar-refractivity contribution < 1.29 is 0 Å². The van der Waals surface area contributed by atoms with Crippen molar-refractivity contribution in [2.75, 3.05) is 0 Å². The molecule has 0 unspecified atom stereocenters. The molecule has 109 valence electrons. The highest BCUT2D eigenvalue weighted by molar-refractivity contribution is 5.40. The summed E-state index contributed by atoms with van der Waals surface area (Å²) in [4.78, 5) is 0. The van der Waals surface area contributed by atoms with E-state index in [0.29, 0.717) is 5.92 Å². The van der Waals surface area contributed by atoms with Gasteiger partial charge in [0.1, 0.15) is 0 Å². The predicted molar refractivity (Wildman–Crippen MR) is 93.0 cm³/mol. The Hall–Kier alpha value is -2.34. The smallest absolute Gasteiger partial charge is 0.0181 e. The first-order valence-corrected chi connectivity index (χ1v) is 7.76. The van der Waals surface area contributed by atoms with Gasteiger partial charge in [0.05, 0.1) is 0 Å². The summed E-state index contributed by atoms with van der Waals surface area (Å²) in [5.74, 6) is 0.300. The fourth-order valence-corrected chi connectivity index (χ4v) is 3.27. The van der Waals surface area contributed by atoms with Gasteiger partial charge in [-0.05, 0) is 22.8 Å². The highest BCUT2D eigenvalue weighted by atomic mass is 14.4. The van der Waals surface area contributed by atoms with Gasteiger partial charge in [-0.25, -0.2) is 0 Å². The average Bonchev–Trinajstić information content (AvgIpc) is 2.58. The predicted octanol–water partition coefficient (Wildman–Crippen LogP) is 5.60. The van der Waals surface area contributed by atoms with Crippen LogP contribution in [0.15, 0.2) is 84.9 Å². The lowest BCUT2D eigenvalue weighted by atomic mass is 9.67. The Balaban J connectivity index is 2.14. The van der Waals surface area contributed by atoms with Crippen molar-refractivity contribution in [3.8, 4) is 0 Å². The Morgan fingerprint density at radius 2 is 1.18 bits per heavy atom. The number of rotatable bonds is 4. The van der Waals surface area contributed by atoms with Crippen molar-refractivity contribution in [3.05, 3.63) is 108 Å². The second-order valence-electron chi connectivity index (χ2n) is 6.25. The van der Waals surface area contributed by atoms with Gasteiger partial charge >= 0.3 is 0 Å². The maximum atomic E-state index is 3.43. The van der Waals surface area contributed by atoms with Crippen LogP contribution in [-0.4, -0.2) is 0 Å². The Kier molecular flexibility index (Phi) is 4.11. The van der Waals surface area contributed by atoms with Crippen molar-refractivity contribution in [3.63, 3.8) is 0 Å². The van der Waals surface area contributed by atoms with E-state index < -0.39 is 0 Å². The zero-order valence-electron chi connectivity index (χ0n) is 13.2. The molecule has 3 aromatic rings. The molecule has 0 bridgehead atoms. The van der Waals surface area contributed by atoms with Gasteiger partial charge in [0.2, 0.25) is 0 Å². The van der Waals surface area contributed by atoms with Crippen LogP contribution in [0.25, 0.3) is 0 Å². The Bertz CT molecular complexity index is 657. The molecule has 0 heteroatoms. The molecule has 22 heavy (non-hydrogen) atoms. The molecule has 0 N–H and O–H groups in total. The molecule has 0 heterocycles. The third kappa shape index (κ3) is 2.82. The Morgan fingerprint density at radius 3 is 1.64 bits per heavy atom. The fourth-order valence-electron chi connectivity index (χ4n) is 3.27. The summed E-state index contributed by atoms with van der Waals surface area (Å²) in [5, 5.41) is 0. The minimum Gasteiger partial charge on any atom is -0.0622 e. The molecule has 0 atom stereocenters. The van der Waals surface area contributed by atoms with E-state index in [1.54, 1.807) is 0 Å². The van der Waals surface area contributed by atoms with Crippen LogP contribution < -0.4 is 0 Å². The van der Waals surface area contributed by atoms with E-state index in [4.69, 9.17) is 0 Å². The first-order valence-electron chi connectivity index (χ1n) is 7.76. The maximum absolute atomic E-state index is 3.43. The monoisotopic (exact) mass is 285 g/mol. The van der Waals surface area contributed by atoms with E-state index >= 15 is 0 Å². The van der Waals surface area contributed by atoms with Crippen LogP contribution >= 0.6 is 0 Å². The molecule has 0 amide bonds. The molecule has 3 rings (SSSR count). The van der Waals surface area contributed by atoms with Crippen LogP contribution in [0.5, 0.6) is 0 Å². The second kappa shape index (κ2) is 6.19. The molecule has 0 aromatic heterocycles. The summed E-state index contributed by atoms with van der Waals surface area (Å²) in [6.07, 6.45) is 0. The van der Waals surface area contributed by atoms with Crippen LogP contribution in [0.4, 0.5) is 0 Å². The molecule has 0 spiro atoms. The molecule has 0 aliphatic rings. The van der Waals surface area contributed by atoms with Gasteiger partial charge in [0, 0.05) is 11.3 Å². The van der Waals surface area contributed by atoms with Crippen LogP contribution in [0, 0.1) is 6.07 Å². The van der Waals surface area contributed by atoms with Crippen molar-refractivity contribution in [1.29, 1.82) is 0 Å². The quantitative estimate of drug-likeness (QED) is 0.585. The highest BCUT2D eigenvalue weighted by Crippen LogP contribution is 2.42. The summed E-state index contributed by atoms with van der Waals surface area (Å²) in [7, 11) is 0. The van der Waals surface area contributed by atoms with Crippen LogP contribution in [-0.2, 0) is 5.41 Å². The van der Waals surface area contributed by atoms with E-state index in [0.717, 1.165) is 0 Å². The number of hydrogen-bond donors (Lipinski definition) is 0. The van der Waals surface area contributed by atoms with Crippen LogP contribution in [0.2, 0.25) is 0 Å². The molecule has 0 fully saturated rings. The summed E-state index contributed by atoms with van der Waals surface area (Å²) in [6.45, 7) is 4.62. The number of hydrogen-bond acceptors (Lipinski definition) is 0. The lowest BCUT2D eigenvalue weighted by Crippen LogP contribution is -2.28. The first-order chi connectivity index (χ1) is 10.7. The summed E-state index contributed by atoms with van der Waals surface area (Å²) in [5.41, 5.74) is 3.89. The van der Waals surface area contributed by atoms with Crippen LogP contribution in [0.3, 0.4) is 0 Å². The summed E-state index contributed by atoms with van der Waals surface area (Å²) >= 11 is 0. The van der Waals surface area contributed by atoms with E-state index in [-0.39, 0.29) is 5.41 Å². The molecule has 0 saturated carbocycles. The molecule has 3 aromatic carbocycles. The standard InChI is InChI=1S/C22H21/c1-22(2,20-16-10-5-11-17-20)21(18-12-6-3-7-13-18)19-14-8-4-9-15-19/h3-16,21H,1-2H3. The van der Waals surface area contributed by atoms with E-state index in [9.17, 15) is 0 Å². The normalized spacial score (nSPS) is 11.6. The van der Waals surface area contributed by atoms with Crippen molar-refractivity contribution in [2.24, 2.45) is 0 Å². The van der Waals surface area contributed by atoms with E-state index in [1.165, 1.54) is 16.7 Å². The van der Waals surface area contributed by atoms with E-state index in [2.05, 4.69) is 92.7 Å². The summed E-state index contributed by atoms with van der Waals surface area (Å²) in [6, 6.07) is 33.3. The largest absolute Gasteiger partial charge is 0.0622 e. The fraction of sp³-hybridized carbons (Fsp3) is 0.182. The minimum absolute atomic E-state index is 0.0377. The van der Waals surface area contributed by atoms with Gasteiger partial charge in [0.15, 0.2) is 0 Å². The molecular formula is C22H21. The molecule has 1 radical (unpaired) electrons. The highest BCUT2D eigenvalue weighted by Gasteiger charge is 2.33. The van der Waals surface area contributed by atoms with Gasteiger partial charge in [0.25, 0.3) is 0 Å². The van der Waals surface area contributed by atoms with Gasteiger partial charge in [-0.1, -0.05) is 98.8 Å². The Labute approximate surface area is 133 Å². The van der Waals surface area contributed by atoms with Gasteiger partial charge in [-0.3, -0.25) is 0 Å². The molecule has 0 nitrogen and oxygen atoms in total. The zero-order valence-corrected chi connectivity index (χ0v) is 13.2. The van der Waals surface area contributed by atoms with Crippen molar-refractivity contribution in [2.45, 2.75) is 25.2 Å². The number of benzene rings is 3. The molecule has 0 aliphatic carbocycles. The average molecular weight is 285 g/mol. The van der Waals surface area contributed by atoms with Crippen molar-refractivity contribution in [1.82, 2.24) is 0 Å². The zero-order chi connectivity index (χ0) is 15.4. The van der Waals surface area contributed by atoms with Gasteiger partial charge in [-0.2, -0.15) is 0 Å². The van der Waals surface area contributed by atoms with E-state index in [1.807, 2.05) is 12.1 Å². The van der Waals surface area contributed by atoms with Crippen molar-refractivity contribution >= 4 is 0 Å². The topological polar surface area (TPSA) is 0 Å². The third-order valence-corrected chi connectivity index (χ3v) is 4.39.